The molecule has 27 heavy (non-hydrogen) atoms. The quantitative estimate of drug-likeness (QED) is 0.564. The number of carbonyl (C=O) groups excluding carboxylic acids is 1. The molecule has 9 heteroatoms. The average molecular weight is 394 g/mol. The van der Waals surface area contributed by atoms with Gasteiger partial charge in [-0.15, -0.1) is 0 Å². The number of likely N-dealkylation sites (tertiary alicyclic amines) is 1. The summed E-state index contributed by atoms with van der Waals surface area (Å²) >= 11 is 6.05. The summed E-state index contributed by atoms with van der Waals surface area (Å²) in [6.07, 6.45) is 2.03. The highest BCUT2D eigenvalue weighted by atomic mass is 35.5. The highest BCUT2D eigenvalue weighted by Crippen LogP contribution is 2.36. The van der Waals surface area contributed by atoms with E-state index in [1.54, 1.807) is 12.1 Å². The lowest BCUT2D eigenvalue weighted by molar-refractivity contribution is -0.145. The molecule has 1 heterocycles. The molecule has 1 fully saturated rings. The number of aliphatic carboxylic acids is 1. The van der Waals surface area contributed by atoms with Crippen molar-refractivity contribution in [2.45, 2.75) is 12.8 Å². The number of carboxylic acid groups (broad SMARTS) is 1. The number of nitriles is 1. The van der Waals surface area contributed by atoms with Crippen LogP contribution in [0.4, 0.5) is 5.69 Å². The Morgan fingerprint density at radius 3 is 2.44 bits per heavy atom. The Morgan fingerprint density at radius 1 is 1.30 bits per heavy atom. The molecule has 0 radical (unpaired) electrons. The third kappa shape index (κ3) is 4.83. The Kier molecular flexibility index (Phi) is 6.91. The molecule has 8 nitrogen and oxygen atoms in total. The molecule has 2 rings (SSSR count). The third-order valence-corrected chi connectivity index (χ3v) is 4.62. The molecule has 0 bridgehead atoms. The Bertz CT molecular complexity index is 795. The number of nitrogens with zero attached hydrogens (tertiary/aromatic N) is 2. The van der Waals surface area contributed by atoms with Crippen molar-refractivity contribution in [3.63, 3.8) is 0 Å². The van der Waals surface area contributed by atoms with E-state index in [2.05, 4.69) is 5.32 Å². The van der Waals surface area contributed by atoms with E-state index in [-0.39, 0.29) is 5.57 Å². The highest BCUT2D eigenvalue weighted by molar-refractivity contribution is 6.32. The van der Waals surface area contributed by atoms with Crippen LogP contribution in [-0.4, -0.2) is 49.2 Å². The van der Waals surface area contributed by atoms with Crippen LogP contribution >= 0.6 is 11.6 Å². The summed E-state index contributed by atoms with van der Waals surface area (Å²) in [6.45, 7) is 0.597. The van der Waals surface area contributed by atoms with Gasteiger partial charge < -0.3 is 24.8 Å². The molecule has 0 unspecified atom stereocenters. The van der Waals surface area contributed by atoms with Crippen molar-refractivity contribution in [3.05, 3.63) is 28.9 Å². The van der Waals surface area contributed by atoms with E-state index in [0.717, 1.165) is 0 Å². The zero-order valence-corrected chi connectivity index (χ0v) is 15.7. The van der Waals surface area contributed by atoms with Gasteiger partial charge >= 0.3 is 5.97 Å². The minimum Gasteiger partial charge on any atom is -0.495 e. The van der Waals surface area contributed by atoms with Crippen molar-refractivity contribution >= 4 is 29.2 Å². The lowest BCUT2D eigenvalue weighted by Crippen LogP contribution is -2.40. The summed E-state index contributed by atoms with van der Waals surface area (Å²) in [5.74, 6) is -0.928. The van der Waals surface area contributed by atoms with Crippen LogP contribution in [0.25, 0.3) is 0 Å². The molecular formula is C18H20ClN3O5. The van der Waals surface area contributed by atoms with Gasteiger partial charge in [0.1, 0.15) is 23.1 Å². The molecule has 1 aromatic carbocycles. The lowest BCUT2D eigenvalue weighted by atomic mass is 9.97. The topological polar surface area (TPSA) is 112 Å². The molecule has 144 valence electrons. The predicted molar refractivity (Wildman–Crippen MR) is 98.8 cm³/mol. The van der Waals surface area contributed by atoms with Gasteiger partial charge in [-0.05, 0) is 12.8 Å². The zero-order chi connectivity index (χ0) is 20.0. The number of anilines is 1. The van der Waals surface area contributed by atoms with Gasteiger partial charge in [0, 0.05) is 31.4 Å². The Balaban J connectivity index is 2.14. The van der Waals surface area contributed by atoms with Gasteiger partial charge in [-0.3, -0.25) is 9.59 Å². The number of piperidine rings is 1. The molecule has 0 aromatic heterocycles. The van der Waals surface area contributed by atoms with E-state index < -0.39 is 17.8 Å². The van der Waals surface area contributed by atoms with Crippen molar-refractivity contribution < 1.29 is 24.2 Å². The van der Waals surface area contributed by atoms with Gasteiger partial charge in [0.25, 0.3) is 5.91 Å². The van der Waals surface area contributed by atoms with E-state index in [0.29, 0.717) is 48.1 Å². The van der Waals surface area contributed by atoms with E-state index in [1.165, 1.54) is 25.3 Å². The van der Waals surface area contributed by atoms with Gasteiger partial charge in [0.2, 0.25) is 0 Å². The number of hydrogen-bond acceptors (Lipinski definition) is 6. The second-order valence-electron chi connectivity index (χ2n) is 5.91. The number of rotatable bonds is 6. The van der Waals surface area contributed by atoms with E-state index in [1.807, 2.05) is 6.07 Å². The first-order valence-corrected chi connectivity index (χ1v) is 8.59. The summed E-state index contributed by atoms with van der Waals surface area (Å²) in [5.41, 5.74) is 0.378. The van der Waals surface area contributed by atoms with Crippen molar-refractivity contribution in [1.29, 1.82) is 5.26 Å². The number of carboxylic acids is 1. The van der Waals surface area contributed by atoms with Crippen LogP contribution in [0.1, 0.15) is 12.8 Å². The van der Waals surface area contributed by atoms with Crippen molar-refractivity contribution in [1.82, 2.24) is 4.90 Å². The van der Waals surface area contributed by atoms with Crippen LogP contribution in [0, 0.1) is 17.2 Å². The zero-order valence-electron chi connectivity index (χ0n) is 15.0. The van der Waals surface area contributed by atoms with Crippen LogP contribution in [0.15, 0.2) is 23.9 Å². The molecule has 0 aliphatic carbocycles. The molecule has 1 aliphatic heterocycles. The molecule has 1 amide bonds. The summed E-state index contributed by atoms with van der Waals surface area (Å²) in [6, 6.07) is 5.02. The summed E-state index contributed by atoms with van der Waals surface area (Å²) < 4.78 is 10.4. The molecule has 0 saturated carbocycles. The number of carbonyl (C=O) groups is 2. The van der Waals surface area contributed by atoms with Crippen LogP contribution in [0.3, 0.4) is 0 Å². The van der Waals surface area contributed by atoms with Crippen LogP contribution in [0.2, 0.25) is 5.02 Å². The fourth-order valence-electron chi connectivity index (χ4n) is 2.76. The maximum atomic E-state index is 12.5. The predicted octanol–water partition coefficient (Wildman–Crippen LogP) is 2.50. The van der Waals surface area contributed by atoms with Crippen molar-refractivity contribution in [2.75, 3.05) is 32.6 Å². The van der Waals surface area contributed by atoms with Gasteiger partial charge in [0.15, 0.2) is 0 Å². The van der Waals surface area contributed by atoms with Gasteiger partial charge in [0.05, 0.1) is 30.8 Å². The number of halogens is 1. The summed E-state index contributed by atoms with van der Waals surface area (Å²) in [7, 11) is 2.94. The minimum absolute atomic E-state index is 0.0975. The first-order chi connectivity index (χ1) is 12.9. The molecule has 0 atom stereocenters. The lowest BCUT2D eigenvalue weighted by Gasteiger charge is -2.29. The molecule has 0 spiro atoms. The Hall–Kier alpha value is -2.92. The maximum absolute atomic E-state index is 12.5. The largest absolute Gasteiger partial charge is 0.495 e. The monoisotopic (exact) mass is 393 g/mol. The van der Waals surface area contributed by atoms with Crippen LogP contribution < -0.4 is 14.8 Å². The second-order valence-corrected chi connectivity index (χ2v) is 6.31. The smallest absolute Gasteiger partial charge is 0.306 e. The highest BCUT2D eigenvalue weighted by Gasteiger charge is 2.28. The number of hydrogen-bond donors (Lipinski definition) is 2. The summed E-state index contributed by atoms with van der Waals surface area (Å²) in [5, 5.41) is 21.6. The number of benzene rings is 1. The van der Waals surface area contributed by atoms with E-state index >= 15 is 0 Å². The summed E-state index contributed by atoms with van der Waals surface area (Å²) in [4.78, 5) is 25.0. The number of methoxy groups -OCH3 is 2. The first kappa shape index (κ1) is 20.4. The van der Waals surface area contributed by atoms with E-state index in [4.69, 9.17) is 26.2 Å². The Labute approximate surface area is 161 Å². The van der Waals surface area contributed by atoms with Crippen LogP contribution in [0.5, 0.6) is 11.5 Å². The van der Waals surface area contributed by atoms with Gasteiger partial charge in [-0.2, -0.15) is 5.26 Å². The fourth-order valence-corrected chi connectivity index (χ4v) is 3.00. The molecule has 2 N–H and O–H groups in total. The number of ether oxygens (including phenoxy) is 2. The normalized spacial score (nSPS) is 15.0. The van der Waals surface area contributed by atoms with Gasteiger partial charge in [-0.25, -0.2) is 0 Å². The van der Waals surface area contributed by atoms with Crippen LogP contribution in [-0.2, 0) is 9.59 Å². The van der Waals surface area contributed by atoms with E-state index in [9.17, 15) is 14.9 Å². The Morgan fingerprint density at radius 2 is 1.93 bits per heavy atom. The molecule has 1 aromatic rings. The standard InChI is InChI=1S/C18H20ClN3O5/c1-26-15-8-14(16(27-2)7-13(15)19)21-10-12(9-20)17(23)22-5-3-11(4-6-22)18(24)25/h7-8,10-11,21H,3-6H2,1-2H3,(H,24,25)/b12-10-. The maximum Gasteiger partial charge on any atom is 0.306 e. The number of amides is 1. The molecular weight excluding hydrogens is 374 g/mol. The minimum atomic E-state index is -0.858. The molecule has 1 saturated heterocycles. The van der Waals surface area contributed by atoms with Gasteiger partial charge in [-0.1, -0.05) is 11.6 Å². The average Bonchev–Trinajstić information content (AvgIpc) is 2.68. The molecule has 1 aliphatic rings. The SMILES string of the molecule is COc1cc(N/C=C(/C#N)C(=O)N2CCC(C(=O)O)CC2)c(OC)cc1Cl. The third-order valence-electron chi connectivity index (χ3n) is 4.33. The first-order valence-electron chi connectivity index (χ1n) is 8.21. The fraction of sp³-hybridized carbons (Fsp3) is 0.389. The second kappa shape index (κ2) is 9.14. The van der Waals surface area contributed by atoms with Crippen molar-refractivity contribution in [3.8, 4) is 17.6 Å². The number of nitrogens with one attached hydrogen (secondary N) is 1. The van der Waals surface area contributed by atoms with Crippen molar-refractivity contribution in [2.24, 2.45) is 5.92 Å².